The molecule has 0 fully saturated rings. The zero-order valence-electron chi connectivity index (χ0n) is 35.1. The van der Waals surface area contributed by atoms with Crippen molar-refractivity contribution in [2.45, 2.75) is 0 Å². The Bertz CT molecular complexity index is 3580. The first-order valence-electron chi connectivity index (χ1n) is 20.9. The van der Waals surface area contributed by atoms with Crippen molar-refractivity contribution in [2.24, 2.45) is 0 Å². The number of furan rings is 1. The second-order valence-corrected chi connectivity index (χ2v) is 13.1. The van der Waals surface area contributed by atoms with Gasteiger partial charge in [0.25, 0.3) is 0 Å². The molecule has 0 radical (unpaired) electrons. The van der Waals surface area contributed by atoms with Gasteiger partial charge in [0.05, 0.1) is 11.0 Å². The zero-order chi connectivity index (χ0) is 40.4. The average molecular weight is 655 g/mol. The molecule has 1 aromatic heterocycles. The van der Waals surface area contributed by atoms with Gasteiger partial charge in [-0.15, -0.1) is 0 Å². The minimum atomic E-state index is -0.422. The standard InChI is InChI=1S/C50H30O/c1-2-11-33-28-38(21-17-31(33)9-1)48-41-13-5-7-15-43(41)49(44-16-8-6-14-42(44)48)39-22-20-34-27-35(18-19-36(34)29-39)37-24-25-46-45(30-37)50-40-12-4-3-10-32(40)23-26-47(50)51-46/h1-30H/i5D,6D,7D,8D,13D,14D,15D,16D. The first kappa shape index (κ1) is 21.4. The molecule has 11 rings (SSSR count). The molecule has 51 heavy (non-hydrogen) atoms. The molecular weight excluding hydrogens is 617 g/mol. The summed E-state index contributed by atoms with van der Waals surface area (Å²) in [4.78, 5) is 0. The average Bonchev–Trinajstić information content (AvgIpc) is 3.66. The number of hydrogen-bond acceptors (Lipinski definition) is 1. The molecule has 0 aliphatic heterocycles. The first-order chi connectivity index (χ1) is 28.6. The van der Waals surface area contributed by atoms with Gasteiger partial charge in [-0.2, -0.15) is 0 Å². The molecule has 1 nitrogen and oxygen atoms in total. The van der Waals surface area contributed by atoms with E-state index in [9.17, 15) is 5.48 Å². The molecule has 0 aliphatic rings. The fourth-order valence-electron chi connectivity index (χ4n) is 7.85. The number of hydrogen-bond donors (Lipinski definition) is 0. The van der Waals surface area contributed by atoms with Crippen molar-refractivity contribution in [2.75, 3.05) is 0 Å². The van der Waals surface area contributed by atoms with Gasteiger partial charge in [0.1, 0.15) is 11.2 Å². The van der Waals surface area contributed by atoms with Gasteiger partial charge in [0.2, 0.25) is 0 Å². The van der Waals surface area contributed by atoms with Crippen LogP contribution >= 0.6 is 0 Å². The SMILES string of the molecule is [2H]c1c([2H])c([2H])c2c(-c3ccc4cc(-c5ccc6oc7ccc8ccccc8c7c6c5)ccc4c3)c3c([2H])c([2H])c([2H])c([2H])c3c(-c3ccc4ccccc4c3)c2c1[2H]. The summed E-state index contributed by atoms with van der Waals surface area (Å²) in [5, 5.41) is 8.81. The van der Waals surface area contributed by atoms with E-state index in [-0.39, 0.29) is 45.7 Å². The fourth-order valence-corrected chi connectivity index (χ4v) is 7.85. The lowest BCUT2D eigenvalue weighted by atomic mass is 9.85. The molecule has 0 spiro atoms. The van der Waals surface area contributed by atoms with Crippen LogP contribution in [0.25, 0.3) is 109 Å². The predicted molar refractivity (Wildman–Crippen MR) is 218 cm³/mol. The van der Waals surface area contributed by atoms with Crippen LogP contribution in [-0.4, -0.2) is 0 Å². The molecule has 0 bridgehead atoms. The van der Waals surface area contributed by atoms with E-state index in [1.54, 1.807) is 0 Å². The summed E-state index contributed by atoms with van der Waals surface area (Å²) in [5.41, 5.74) is 5.49. The van der Waals surface area contributed by atoms with E-state index in [2.05, 4.69) is 36.4 Å². The van der Waals surface area contributed by atoms with E-state index < -0.39 is 24.2 Å². The van der Waals surface area contributed by atoms with Crippen molar-refractivity contribution in [1.82, 2.24) is 0 Å². The van der Waals surface area contributed by atoms with Gasteiger partial charge in [-0.25, -0.2) is 0 Å². The van der Waals surface area contributed by atoms with Gasteiger partial charge in [0, 0.05) is 10.8 Å². The number of fused-ring (bicyclic) bond motifs is 9. The molecule has 10 aromatic carbocycles. The summed E-state index contributed by atoms with van der Waals surface area (Å²) >= 11 is 0. The van der Waals surface area contributed by atoms with Gasteiger partial charge >= 0.3 is 0 Å². The third kappa shape index (κ3) is 4.35. The van der Waals surface area contributed by atoms with E-state index in [1.807, 2.05) is 97.1 Å². The van der Waals surface area contributed by atoms with Crippen LogP contribution in [0.2, 0.25) is 0 Å². The molecule has 11 aromatic rings. The Morgan fingerprint density at radius 1 is 0.333 bits per heavy atom. The molecule has 0 saturated heterocycles. The van der Waals surface area contributed by atoms with Crippen LogP contribution in [0.15, 0.2) is 186 Å². The highest BCUT2D eigenvalue weighted by Crippen LogP contribution is 2.45. The van der Waals surface area contributed by atoms with Gasteiger partial charge in [-0.1, -0.05) is 145 Å². The topological polar surface area (TPSA) is 13.1 Å². The molecule has 0 atom stereocenters. The van der Waals surface area contributed by atoms with Crippen LogP contribution in [0.1, 0.15) is 11.0 Å². The Hall–Kier alpha value is -6.70. The van der Waals surface area contributed by atoms with Gasteiger partial charge < -0.3 is 4.42 Å². The van der Waals surface area contributed by atoms with Crippen molar-refractivity contribution >= 4 is 75.8 Å². The maximum absolute atomic E-state index is 9.34. The monoisotopic (exact) mass is 654 g/mol. The lowest BCUT2D eigenvalue weighted by Crippen LogP contribution is -1.91. The van der Waals surface area contributed by atoms with Gasteiger partial charge in [-0.3, -0.25) is 0 Å². The normalized spacial score (nSPS) is 14.1. The molecule has 0 saturated carbocycles. The Morgan fingerprint density at radius 2 is 0.784 bits per heavy atom. The molecular formula is C50H30O. The third-order valence-electron chi connectivity index (χ3n) is 10.2. The second-order valence-electron chi connectivity index (χ2n) is 13.1. The summed E-state index contributed by atoms with van der Waals surface area (Å²) in [6.07, 6.45) is 0. The highest BCUT2D eigenvalue weighted by atomic mass is 16.3. The van der Waals surface area contributed by atoms with Crippen LogP contribution in [0.3, 0.4) is 0 Å². The van der Waals surface area contributed by atoms with Gasteiger partial charge in [0.15, 0.2) is 0 Å². The maximum Gasteiger partial charge on any atom is 0.136 e. The van der Waals surface area contributed by atoms with E-state index >= 15 is 0 Å². The molecule has 1 heterocycles. The van der Waals surface area contributed by atoms with E-state index in [1.165, 1.54) is 0 Å². The largest absolute Gasteiger partial charge is 0.456 e. The molecule has 0 unspecified atom stereocenters. The summed E-state index contributed by atoms with van der Waals surface area (Å²) in [6.45, 7) is 0. The highest BCUT2D eigenvalue weighted by Gasteiger charge is 2.17. The quantitative estimate of drug-likeness (QED) is 0.173. The molecule has 1 heteroatoms. The molecule has 0 aliphatic carbocycles. The van der Waals surface area contributed by atoms with Crippen LogP contribution in [0, 0.1) is 0 Å². The lowest BCUT2D eigenvalue weighted by Gasteiger charge is -2.18. The minimum absolute atomic E-state index is 0.195. The Labute approximate surface area is 305 Å². The molecule has 236 valence electrons. The first-order valence-corrected chi connectivity index (χ1v) is 16.9. The summed E-state index contributed by atoms with van der Waals surface area (Å²) < 4.78 is 78.7. The Morgan fingerprint density at radius 3 is 1.45 bits per heavy atom. The Balaban J connectivity index is 1.17. The van der Waals surface area contributed by atoms with Crippen molar-refractivity contribution in [1.29, 1.82) is 0 Å². The molecule has 0 amide bonds. The smallest absolute Gasteiger partial charge is 0.136 e. The molecule has 0 N–H and O–H groups in total. The predicted octanol–water partition coefficient (Wildman–Crippen LogP) is 14.4. The van der Waals surface area contributed by atoms with Gasteiger partial charge in [-0.05, 0) is 124 Å². The van der Waals surface area contributed by atoms with Crippen molar-refractivity contribution < 1.29 is 15.4 Å². The maximum atomic E-state index is 9.34. The van der Waals surface area contributed by atoms with E-state index in [0.29, 0.717) is 22.3 Å². The Kier molecular flexibility index (Phi) is 4.57. The van der Waals surface area contributed by atoms with Crippen molar-refractivity contribution in [3.63, 3.8) is 0 Å². The zero-order valence-corrected chi connectivity index (χ0v) is 27.1. The van der Waals surface area contributed by atoms with Crippen molar-refractivity contribution in [3.8, 4) is 33.4 Å². The number of benzene rings is 10. The van der Waals surface area contributed by atoms with Crippen LogP contribution < -0.4 is 0 Å². The van der Waals surface area contributed by atoms with E-state index in [4.69, 9.17) is 9.90 Å². The van der Waals surface area contributed by atoms with E-state index in [0.717, 1.165) is 65.4 Å². The van der Waals surface area contributed by atoms with Crippen LogP contribution in [0.5, 0.6) is 0 Å². The highest BCUT2D eigenvalue weighted by molar-refractivity contribution is 6.22. The summed E-state index contributed by atoms with van der Waals surface area (Å²) in [6, 6.07) is 41.2. The van der Waals surface area contributed by atoms with Crippen molar-refractivity contribution in [3.05, 3.63) is 182 Å². The summed E-state index contributed by atoms with van der Waals surface area (Å²) in [5.74, 6) is 0. The van der Waals surface area contributed by atoms with Crippen LogP contribution in [-0.2, 0) is 0 Å². The summed E-state index contributed by atoms with van der Waals surface area (Å²) in [7, 11) is 0. The number of rotatable bonds is 3. The van der Waals surface area contributed by atoms with Crippen LogP contribution in [0.4, 0.5) is 0 Å². The second kappa shape index (κ2) is 10.9. The lowest BCUT2D eigenvalue weighted by molar-refractivity contribution is 0.669. The fraction of sp³-hybridized carbons (Fsp3) is 0. The third-order valence-corrected chi connectivity index (χ3v) is 10.2. The minimum Gasteiger partial charge on any atom is -0.456 e.